The van der Waals surface area contributed by atoms with Gasteiger partial charge in [0.05, 0.1) is 18.8 Å². The van der Waals surface area contributed by atoms with Gasteiger partial charge in [0.2, 0.25) is 0 Å². The van der Waals surface area contributed by atoms with Crippen LogP contribution in [-0.2, 0) is 12.8 Å². The molecule has 0 atom stereocenters. The van der Waals surface area contributed by atoms with E-state index in [2.05, 4.69) is 36.5 Å². The van der Waals surface area contributed by atoms with E-state index in [1.54, 1.807) is 0 Å². The van der Waals surface area contributed by atoms with Crippen LogP contribution in [0.3, 0.4) is 0 Å². The van der Waals surface area contributed by atoms with Gasteiger partial charge in [-0.3, -0.25) is 4.79 Å². The third-order valence-corrected chi connectivity index (χ3v) is 6.24. The van der Waals surface area contributed by atoms with Gasteiger partial charge in [0.25, 0.3) is 5.24 Å². The zero-order valence-electron chi connectivity index (χ0n) is 16.7. The number of carbonyl (C=O) groups is 1. The summed E-state index contributed by atoms with van der Waals surface area (Å²) in [6.45, 7) is 1.68. The minimum atomic E-state index is -0.975. The van der Waals surface area contributed by atoms with Crippen LogP contribution in [-0.4, -0.2) is 40.5 Å². The molecule has 154 valence electrons. The van der Waals surface area contributed by atoms with Gasteiger partial charge in [0.1, 0.15) is 0 Å². The summed E-state index contributed by atoms with van der Waals surface area (Å²) in [6, 6.07) is 8.57. The van der Waals surface area contributed by atoms with E-state index in [0.717, 1.165) is 22.8 Å². The largest absolute Gasteiger partial charge is 0.394 e. The van der Waals surface area contributed by atoms with Crippen LogP contribution in [0, 0.1) is 0 Å². The number of aliphatic hydroxyl groups excluding tert-OH is 2. The first-order valence-electron chi connectivity index (χ1n) is 9.91. The molecule has 1 amide bonds. The highest BCUT2D eigenvalue weighted by atomic mass is 33.1. The van der Waals surface area contributed by atoms with Gasteiger partial charge in [-0.05, 0) is 43.1 Å². The Bertz CT molecular complexity index is 519. The minimum absolute atomic E-state index is 0.236. The van der Waals surface area contributed by atoms with Crippen LogP contribution in [0.2, 0.25) is 0 Å². The van der Waals surface area contributed by atoms with Crippen molar-refractivity contribution < 1.29 is 15.0 Å². The lowest BCUT2D eigenvalue weighted by Gasteiger charge is -2.30. The highest BCUT2D eigenvalue weighted by molar-refractivity contribution is 8.81. The predicted octanol–water partition coefficient (Wildman–Crippen LogP) is 4.97. The van der Waals surface area contributed by atoms with Crippen molar-refractivity contribution in [1.82, 2.24) is 5.32 Å². The van der Waals surface area contributed by atoms with Crippen molar-refractivity contribution >= 4 is 26.8 Å². The molecule has 1 rings (SSSR count). The summed E-state index contributed by atoms with van der Waals surface area (Å²) >= 11 is 0. The van der Waals surface area contributed by atoms with Gasteiger partial charge in [0.15, 0.2) is 0 Å². The molecule has 27 heavy (non-hydrogen) atoms. The molecular formula is C21H35NO3S2. The Morgan fingerprint density at radius 2 is 1.52 bits per heavy atom. The van der Waals surface area contributed by atoms with Crippen molar-refractivity contribution in [2.75, 3.05) is 19.5 Å². The third kappa shape index (κ3) is 9.88. The number of nitrogens with one attached hydrogen (secondary N) is 1. The normalized spacial score (nSPS) is 11.6. The maximum absolute atomic E-state index is 11.8. The zero-order valence-corrected chi connectivity index (χ0v) is 18.3. The van der Waals surface area contributed by atoms with E-state index in [9.17, 15) is 15.0 Å². The molecule has 0 fully saturated rings. The van der Waals surface area contributed by atoms with Crippen LogP contribution >= 0.6 is 21.6 Å². The van der Waals surface area contributed by atoms with E-state index >= 15 is 0 Å². The van der Waals surface area contributed by atoms with E-state index in [4.69, 9.17) is 0 Å². The maximum Gasteiger partial charge on any atom is 0.290 e. The highest BCUT2D eigenvalue weighted by Crippen LogP contribution is 2.22. The fourth-order valence-corrected chi connectivity index (χ4v) is 4.02. The molecule has 0 radical (unpaired) electrons. The monoisotopic (exact) mass is 413 g/mol. The van der Waals surface area contributed by atoms with Crippen molar-refractivity contribution in [3.05, 3.63) is 35.4 Å². The molecule has 0 aromatic heterocycles. The molecule has 1 aromatic carbocycles. The number of carbonyl (C=O) groups excluding carboxylic acids is 1. The molecule has 0 aliphatic heterocycles. The van der Waals surface area contributed by atoms with Crippen LogP contribution in [0.4, 0.5) is 4.79 Å². The second-order valence-corrected chi connectivity index (χ2v) is 9.46. The van der Waals surface area contributed by atoms with Crippen molar-refractivity contribution in [3.63, 3.8) is 0 Å². The Morgan fingerprint density at radius 1 is 0.963 bits per heavy atom. The number of benzene rings is 1. The van der Waals surface area contributed by atoms with E-state index in [1.807, 2.05) is 6.26 Å². The minimum Gasteiger partial charge on any atom is -0.394 e. The zero-order chi connectivity index (χ0) is 20.0. The summed E-state index contributed by atoms with van der Waals surface area (Å²) in [6.07, 6.45) is 12.0. The Hall–Kier alpha value is -0.690. The Balaban J connectivity index is 2.45. The van der Waals surface area contributed by atoms with Gasteiger partial charge in [-0.1, -0.05) is 74.1 Å². The van der Waals surface area contributed by atoms with Crippen LogP contribution in [0.15, 0.2) is 24.3 Å². The molecule has 0 aliphatic carbocycles. The number of amides is 1. The van der Waals surface area contributed by atoms with Gasteiger partial charge in [-0.15, -0.1) is 0 Å². The van der Waals surface area contributed by atoms with Crippen molar-refractivity contribution in [1.29, 1.82) is 0 Å². The van der Waals surface area contributed by atoms with Crippen LogP contribution < -0.4 is 5.32 Å². The number of aryl methyl sites for hydroxylation is 2. The third-order valence-electron chi connectivity index (χ3n) is 4.87. The molecule has 0 aliphatic rings. The first-order chi connectivity index (χ1) is 13.1. The molecule has 1 aromatic rings. The molecule has 4 nitrogen and oxygen atoms in total. The topological polar surface area (TPSA) is 69.6 Å². The first kappa shape index (κ1) is 24.3. The summed E-state index contributed by atoms with van der Waals surface area (Å²) in [5.41, 5.74) is 1.53. The number of aliphatic hydroxyl groups is 2. The number of hydrogen-bond acceptors (Lipinski definition) is 5. The fourth-order valence-electron chi connectivity index (χ4n) is 3.03. The first-order valence-corrected chi connectivity index (χ1v) is 12.5. The second-order valence-electron chi connectivity index (χ2n) is 7.09. The average Bonchev–Trinajstić information content (AvgIpc) is 2.69. The van der Waals surface area contributed by atoms with Gasteiger partial charge in [0, 0.05) is 10.8 Å². The van der Waals surface area contributed by atoms with Crippen molar-refractivity contribution in [2.45, 2.75) is 70.3 Å². The van der Waals surface area contributed by atoms with Crippen molar-refractivity contribution in [2.24, 2.45) is 0 Å². The molecule has 6 heteroatoms. The maximum atomic E-state index is 11.8. The lowest BCUT2D eigenvalue weighted by molar-refractivity contribution is 0.0939. The fraction of sp³-hybridized carbons (Fsp3) is 0.667. The van der Waals surface area contributed by atoms with E-state index in [0.29, 0.717) is 12.8 Å². The van der Waals surface area contributed by atoms with E-state index in [1.165, 1.54) is 54.9 Å². The molecule has 0 unspecified atom stereocenters. The highest BCUT2D eigenvalue weighted by Gasteiger charge is 2.30. The summed E-state index contributed by atoms with van der Waals surface area (Å²) in [5, 5.41) is 21.9. The van der Waals surface area contributed by atoms with Gasteiger partial charge in [-0.25, -0.2) is 0 Å². The second kappa shape index (κ2) is 14.3. The van der Waals surface area contributed by atoms with E-state index in [-0.39, 0.29) is 18.5 Å². The molecule has 0 saturated carbocycles. The molecule has 0 bridgehead atoms. The Labute approximate surface area is 172 Å². The van der Waals surface area contributed by atoms with Crippen molar-refractivity contribution in [3.8, 4) is 0 Å². The van der Waals surface area contributed by atoms with Crippen LogP contribution in [0.25, 0.3) is 0 Å². The SMILES string of the molecule is CCCCCCCCc1ccc(CCC(CO)(CO)NC(=O)SSC)cc1. The van der Waals surface area contributed by atoms with Gasteiger partial charge in [-0.2, -0.15) is 0 Å². The number of rotatable bonds is 14. The average molecular weight is 414 g/mol. The van der Waals surface area contributed by atoms with Gasteiger partial charge < -0.3 is 15.5 Å². The number of unbranched alkanes of at least 4 members (excludes halogenated alkanes) is 5. The van der Waals surface area contributed by atoms with Crippen LogP contribution in [0.1, 0.15) is 63.0 Å². The predicted molar refractivity (Wildman–Crippen MR) is 118 cm³/mol. The number of hydrogen-bond donors (Lipinski definition) is 3. The Kier molecular flexibility index (Phi) is 12.9. The summed E-state index contributed by atoms with van der Waals surface area (Å²) < 4.78 is 0. The summed E-state index contributed by atoms with van der Waals surface area (Å²) in [5.74, 6) is 0. The standard InChI is InChI=1S/C21H35NO3S2/c1-3-4-5-6-7-8-9-18-10-12-19(13-11-18)14-15-21(16-23,17-24)22-20(25)27-26-2/h10-13,23-24H,3-9,14-17H2,1-2H3,(H,22,25). The lowest BCUT2D eigenvalue weighted by atomic mass is 9.92. The quantitative estimate of drug-likeness (QED) is 0.297. The molecular weight excluding hydrogens is 378 g/mol. The Morgan fingerprint density at radius 3 is 2.07 bits per heavy atom. The smallest absolute Gasteiger partial charge is 0.290 e. The van der Waals surface area contributed by atoms with Gasteiger partial charge >= 0.3 is 0 Å². The molecule has 0 spiro atoms. The molecule has 0 saturated heterocycles. The van der Waals surface area contributed by atoms with E-state index < -0.39 is 5.54 Å². The molecule has 0 heterocycles. The summed E-state index contributed by atoms with van der Waals surface area (Å²) in [4.78, 5) is 11.8. The molecule has 3 N–H and O–H groups in total. The lowest BCUT2D eigenvalue weighted by Crippen LogP contribution is -2.53. The summed E-state index contributed by atoms with van der Waals surface area (Å²) in [7, 11) is 2.41. The van der Waals surface area contributed by atoms with Crippen LogP contribution in [0.5, 0.6) is 0 Å².